The average molecular weight is 351 g/mol. The molecule has 0 aromatic rings. The van der Waals surface area contributed by atoms with E-state index < -0.39 is 0 Å². The molecule has 3 heteroatoms. The highest BCUT2D eigenvalue weighted by molar-refractivity contribution is 5.66. The molecule has 5 atom stereocenters. The summed E-state index contributed by atoms with van der Waals surface area (Å²) >= 11 is 0. The van der Waals surface area contributed by atoms with Crippen LogP contribution in [-0.4, -0.2) is 24.3 Å². The maximum atomic E-state index is 11.3. The normalized spacial score (nSPS) is 36.3. The number of aliphatic hydroxyl groups excluding tert-OH is 1. The first kappa shape index (κ1) is 20.5. The Morgan fingerprint density at radius 2 is 2.08 bits per heavy atom. The molecule has 1 N–H and O–H groups in total. The van der Waals surface area contributed by atoms with Crippen LogP contribution in [0.5, 0.6) is 0 Å². The van der Waals surface area contributed by atoms with E-state index in [9.17, 15) is 9.90 Å². The van der Waals surface area contributed by atoms with Gasteiger partial charge in [0.15, 0.2) is 0 Å². The van der Waals surface area contributed by atoms with E-state index in [1.165, 1.54) is 44.6 Å². The van der Waals surface area contributed by atoms with E-state index in [2.05, 4.69) is 33.8 Å². The van der Waals surface area contributed by atoms with E-state index in [1.807, 2.05) is 0 Å². The summed E-state index contributed by atoms with van der Waals surface area (Å²) in [4.78, 5) is 11.3. The van der Waals surface area contributed by atoms with Gasteiger partial charge in [0.1, 0.15) is 6.61 Å². The van der Waals surface area contributed by atoms with Gasteiger partial charge in [-0.2, -0.15) is 0 Å². The number of esters is 1. The Balaban J connectivity index is 2.18. The zero-order valence-electron chi connectivity index (χ0n) is 16.9. The lowest BCUT2D eigenvalue weighted by molar-refractivity contribution is -0.141. The van der Waals surface area contributed by atoms with E-state index in [0.29, 0.717) is 30.5 Å². The van der Waals surface area contributed by atoms with Crippen LogP contribution in [0.1, 0.15) is 79.6 Å². The van der Waals surface area contributed by atoms with Crippen LogP contribution >= 0.6 is 0 Å². The zero-order valence-corrected chi connectivity index (χ0v) is 16.9. The van der Waals surface area contributed by atoms with Gasteiger partial charge in [-0.3, -0.25) is 4.79 Å². The lowest BCUT2D eigenvalue weighted by Gasteiger charge is -2.58. The summed E-state index contributed by atoms with van der Waals surface area (Å²) < 4.78 is 5.39. The maximum Gasteiger partial charge on any atom is 0.302 e. The van der Waals surface area contributed by atoms with Crippen molar-refractivity contribution in [1.82, 2.24) is 0 Å². The van der Waals surface area contributed by atoms with Gasteiger partial charge < -0.3 is 9.84 Å². The number of fused-ring (bicyclic) bond motifs is 1. The quantitative estimate of drug-likeness (QED) is 0.511. The third-order valence-corrected chi connectivity index (χ3v) is 7.60. The van der Waals surface area contributed by atoms with Crippen molar-refractivity contribution in [3.05, 3.63) is 11.6 Å². The molecule has 0 saturated heterocycles. The summed E-state index contributed by atoms with van der Waals surface area (Å²) in [7, 11) is 0. The van der Waals surface area contributed by atoms with Crippen molar-refractivity contribution < 1.29 is 14.6 Å². The van der Waals surface area contributed by atoms with Crippen LogP contribution in [0.2, 0.25) is 0 Å². The molecule has 0 bridgehead atoms. The average Bonchev–Trinajstić information content (AvgIpc) is 2.56. The first-order valence-corrected chi connectivity index (χ1v) is 10.2. The van der Waals surface area contributed by atoms with Gasteiger partial charge in [-0.25, -0.2) is 0 Å². The fraction of sp³-hybridized carbons (Fsp3) is 0.864. The van der Waals surface area contributed by atoms with E-state index in [4.69, 9.17) is 4.74 Å². The van der Waals surface area contributed by atoms with Gasteiger partial charge >= 0.3 is 5.97 Å². The van der Waals surface area contributed by atoms with Gasteiger partial charge in [-0.1, -0.05) is 40.2 Å². The lowest BCUT2D eigenvalue weighted by Crippen LogP contribution is -2.50. The Morgan fingerprint density at radius 3 is 2.72 bits per heavy atom. The van der Waals surface area contributed by atoms with Crippen LogP contribution in [0.4, 0.5) is 0 Å². The Morgan fingerprint density at radius 1 is 1.36 bits per heavy atom. The number of carbonyl (C=O) groups is 1. The maximum absolute atomic E-state index is 11.3. The zero-order chi connectivity index (χ0) is 18.7. The summed E-state index contributed by atoms with van der Waals surface area (Å²) in [6, 6.07) is 0. The molecule has 2 rings (SSSR count). The predicted octanol–water partition coefficient (Wildman–Crippen LogP) is 5.13. The SMILES string of the molecule is CC(=O)OCC1=CCC[C@@H]2[C@@](C)(CC[C@@H](C)CCO)[C@H](C)CC[C@]12C. The summed E-state index contributed by atoms with van der Waals surface area (Å²) in [5.41, 5.74) is 1.84. The van der Waals surface area contributed by atoms with Crippen LogP contribution in [0, 0.1) is 28.6 Å². The molecule has 1 saturated carbocycles. The predicted molar refractivity (Wildman–Crippen MR) is 102 cm³/mol. The number of carbonyl (C=O) groups excluding carboxylic acids is 1. The summed E-state index contributed by atoms with van der Waals surface area (Å²) in [5.74, 6) is 1.78. The van der Waals surface area contributed by atoms with Gasteiger partial charge in [0.25, 0.3) is 0 Å². The van der Waals surface area contributed by atoms with E-state index in [0.717, 1.165) is 18.8 Å². The summed E-state index contributed by atoms with van der Waals surface area (Å²) in [6.07, 6.45) is 10.5. The molecule has 0 heterocycles. The molecule has 0 aromatic heterocycles. The molecule has 0 radical (unpaired) electrons. The molecule has 25 heavy (non-hydrogen) atoms. The van der Waals surface area contributed by atoms with Gasteiger partial charge in [-0.15, -0.1) is 0 Å². The molecule has 144 valence electrons. The van der Waals surface area contributed by atoms with Crippen molar-refractivity contribution in [3.8, 4) is 0 Å². The fourth-order valence-corrected chi connectivity index (χ4v) is 5.53. The van der Waals surface area contributed by atoms with Gasteiger partial charge in [-0.05, 0) is 72.7 Å². The minimum Gasteiger partial charge on any atom is -0.461 e. The highest BCUT2D eigenvalue weighted by Crippen LogP contribution is 2.62. The molecule has 2 aliphatic rings. The van der Waals surface area contributed by atoms with Crippen LogP contribution in [0.15, 0.2) is 11.6 Å². The summed E-state index contributed by atoms with van der Waals surface area (Å²) in [6.45, 7) is 11.9. The van der Waals surface area contributed by atoms with Crippen LogP contribution in [0.3, 0.4) is 0 Å². The molecule has 3 nitrogen and oxygen atoms in total. The second kappa shape index (κ2) is 8.24. The van der Waals surface area contributed by atoms with Gasteiger partial charge in [0.05, 0.1) is 0 Å². The van der Waals surface area contributed by atoms with Crippen molar-refractivity contribution in [2.24, 2.45) is 28.6 Å². The highest BCUT2D eigenvalue weighted by atomic mass is 16.5. The second-order valence-electron chi connectivity index (χ2n) is 9.16. The van der Waals surface area contributed by atoms with Crippen molar-refractivity contribution >= 4 is 5.97 Å². The Bertz CT molecular complexity index is 498. The van der Waals surface area contributed by atoms with Crippen molar-refractivity contribution in [2.75, 3.05) is 13.2 Å². The second-order valence-corrected chi connectivity index (χ2v) is 9.16. The monoisotopic (exact) mass is 350 g/mol. The van der Waals surface area contributed by atoms with Crippen LogP contribution in [0.25, 0.3) is 0 Å². The Hall–Kier alpha value is -0.830. The first-order chi connectivity index (χ1) is 11.7. The molecule has 0 unspecified atom stereocenters. The molecule has 1 fully saturated rings. The highest BCUT2D eigenvalue weighted by Gasteiger charge is 2.53. The van der Waals surface area contributed by atoms with Crippen molar-refractivity contribution in [1.29, 1.82) is 0 Å². The van der Waals surface area contributed by atoms with Crippen molar-refractivity contribution in [2.45, 2.75) is 79.6 Å². The van der Waals surface area contributed by atoms with E-state index >= 15 is 0 Å². The van der Waals surface area contributed by atoms with E-state index in [-0.39, 0.29) is 11.4 Å². The molecule has 0 amide bonds. The number of rotatable bonds is 7. The molecule has 0 aliphatic heterocycles. The van der Waals surface area contributed by atoms with Gasteiger partial charge in [0.2, 0.25) is 0 Å². The molecule has 2 aliphatic carbocycles. The molecular formula is C22H38O3. The molecular weight excluding hydrogens is 312 g/mol. The smallest absolute Gasteiger partial charge is 0.302 e. The largest absolute Gasteiger partial charge is 0.461 e. The van der Waals surface area contributed by atoms with E-state index in [1.54, 1.807) is 0 Å². The van der Waals surface area contributed by atoms with Crippen molar-refractivity contribution in [3.63, 3.8) is 0 Å². The Labute approximate surface area is 154 Å². The third kappa shape index (κ3) is 4.30. The fourth-order valence-electron chi connectivity index (χ4n) is 5.53. The number of aliphatic hydroxyl groups is 1. The Kier molecular flexibility index (Phi) is 6.75. The summed E-state index contributed by atoms with van der Waals surface area (Å²) in [5, 5.41) is 9.21. The number of hydrogen-bond acceptors (Lipinski definition) is 3. The lowest BCUT2D eigenvalue weighted by atomic mass is 9.46. The number of hydrogen-bond donors (Lipinski definition) is 1. The topological polar surface area (TPSA) is 46.5 Å². The third-order valence-electron chi connectivity index (χ3n) is 7.60. The van der Waals surface area contributed by atoms with Crippen LogP contribution in [-0.2, 0) is 9.53 Å². The van der Waals surface area contributed by atoms with Crippen LogP contribution < -0.4 is 0 Å². The number of allylic oxidation sites excluding steroid dienone is 1. The number of ether oxygens (including phenoxy) is 1. The molecule has 0 spiro atoms. The minimum atomic E-state index is -0.184. The minimum absolute atomic E-state index is 0.162. The first-order valence-electron chi connectivity index (χ1n) is 10.2. The van der Waals surface area contributed by atoms with Gasteiger partial charge in [0, 0.05) is 13.5 Å². The molecule has 0 aromatic carbocycles. The standard InChI is InChI=1S/C22H38O3/c1-16(11-14-23)9-12-21(4)17(2)10-13-22(5)19(15-25-18(3)24)7-6-8-20(21)22/h7,16-17,20,23H,6,8-15H2,1-5H3/t16-,17-,20-,21+,22-/m1/s1.